The molecule has 0 spiro atoms. The standard InChI is InChI=1S/C26H25NO2/c1-19-23(26(28)29-2)25(22-16-10-5-11-17-22)27(18-20-12-6-3-7-13-20)24(19)21-14-8-4-9-15-21/h3-17,19,24H,18H2,1-2H3. The Bertz CT molecular complexity index is 997. The second kappa shape index (κ2) is 8.36. The second-order valence-corrected chi connectivity index (χ2v) is 7.38. The molecule has 1 heterocycles. The van der Waals surface area contributed by atoms with Crippen LogP contribution in [0.25, 0.3) is 5.70 Å². The molecule has 0 aliphatic carbocycles. The van der Waals surface area contributed by atoms with E-state index in [4.69, 9.17) is 4.74 Å². The topological polar surface area (TPSA) is 29.5 Å². The van der Waals surface area contributed by atoms with Crippen molar-refractivity contribution in [1.82, 2.24) is 4.90 Å². The third kappa shape index (κ3) is 3.68. The quantitative estimate of drug-likeness (QED) is 0.548. The van der Waals surface area contributed by atoms with Crippen molar-refractivity contribution in [2.45, 2.75) is 19.5 Å². The van der Waals surface area contributed by atoms with Crippen LogP contribution < -0.4 is 0 Å². The summed E-state index contributed by atoms with van der Waals surface area (Å²) in [6.45, 7) is 2.84. The Morgan fingerprint density at radius 2 is 1.41 bits per heavy atom. The fourth-order valence-corrected chi connectivity index (χ4v) is 4.32. The van der Waals surface area contributed by atoms with Crippen LogP contribution in [0.4, 0.5) is 0 Å². The van der Waals surface area contributed by atoms with E-state index in [1.807, 2.05) is 30.3 Å². The summed E-state index contributed by atoms with van der Waals surface area (Å²) in [6.07, 6.45) is 0. The Morgan fingerprint density at radius 1 is 0.862 bits per heavy atom. The molecule has 1 aliphatic rings. The van der Waals surface area contributed by atoms with E-state index in [9.17, 15) is 4.79 Å². The zero-order valence-electron chi connectivity index (χ0n) is 16.8. The Hall–Kier alpha value is -3.33. The first kappa shape index (κ1) is 19.0. The number of benzene rings is 3. The van der Waals surface area contributed by atoms with Crippen molar-refractivity contribution in [3.8, 4) is 0 Å². The van der Waals surface area contributed by atoms with Gasteiger partial charge in [0.1, 0.15) is 0 Å². The lowest BCUT2D eigenvalue weighted by Gasteiger charge is -2.32. The van der Waals surface area contributed by atoms with Gasteiger partial charge in [-0.15, -0.1) is 0 Å². The molecule has 0 amide bonds. The smallest absolute Gasteiger partial charge is 0.336 e. The molecule has 0 bridgehead atoms. The average Bonchev–Trinajstić information content (AvgIpc) is 3.06. The lowest BCUT2D eigenvalue weighted by molar-refractivity contribution is -0.136. The molecule has 0 N–H and O–H groups in total. The number of ether oxygens (including phenoxy) is 1. The SMILES string of the molecule is COC(=O)C1=C(c2ccccc2)N(Cc2ccccc2)C(c2ccccc2)C1C. The zero-order valence-corrected chi connectivity index (χ0v) is 16.8. The van der Waals surface area contributed by atoms with E-state index in [1.165, 1.54) is 18.2 Å². The van der Waals surface area contributed by atoms with E-state index in [2.05, 4.69) is 72.5 Å². The maximum atomic E-state index is 12.9. The number of hydrogen-bond donors (Lipinski definition) is 0. The van der Waals surface area contributed by atoms with Crippen LogP contribution in [0.15, 0.2) is 96.6 Å². The van der Waals surface area contributed by atoms with Gasteiger partial charge in [0.05, 0.1) is 24.4 Å². The molecule has 146 valence electrons. The monoisotopic (exact) mass is 383 g/mol. The van der Waals surface area contributed by atoms with Crippen LogP contribution in [0.3, 0.4) is 0 Å². The summed E-state index contributed by atoms with van der Waals surface area (Å²) >= 11 is 0. The van der Waals surface area contributed by atoms with Gasteiger partial charge in [0.15, 0.2) is 0 Å². The fourth-order valence-electron chi connectivity index (χ4n) is 4.32. The summed E-state index contributed by atoms with van der Waals surface area (Å²) in [6, 6.07) is 31.0. The predicted octanol–water partition coefficient (Wildman–Crippen LogP) is 5.46. The van der Waals surface area contributed by atoms with Gasteiger partial charge in [-0.3, -0.25) is 0 Å². The van der Waals surface area contributed by atoms with Gasteiger partial charge >= 0.3 is 5.97 Å². The summed E-state index contributed by atoms with van der Waals surface area (Å²) in [5, 5.41) is 0. The molecule has 1 aliphatic heterocycles. The molecule has 29 heavy (non-hydrogen) atoms. The van der Waals surface area contributed by atoms with Crippen molar-refractivity contribution in [3.63, 3.8) is 0 Å². The van der Waals surface area contributed by atoms with Crippen molar-refractivity contribution >= 4 is 11.7 Å². The van der Waals surface area contributed by atoms with Gasteiger partial charge in [0.25, 0.3) is 0 Å². The highest BCUT2D eigenvalue weighted by Crippen LogP contribution is 2.48. The molecular formula is C26H25NO2. The van der Waals surface area contributed by atoms with Crippen molar-refractivity contribution in [2.24, 2.45) is 5.92 Å². The predicted molar refractivity (Wildman–Crippen MR) is 116 cm³/mol. The minimum absolute atomic E-state index is 0.00349. The number of carbonyl (C=O) groups excluding carboxylic acids is 1. The third-order valence-corrected chi connectivity index (χ3v) is 5.60. The lowest BCUT2D eigenvalue weighted by Crippen LogP contribution is -2.25. The highest BCUT2D eigenvalue weighted by Gasteiger charge is 2.42. The minimum atomic E-state index is -0.257. The van der Waals surface area contributed by atoms with E-state index in [-0.39, 0.29) is 17.9 Å². The molecule has 0 radical (unpaired) electrons. The van der Waals surface area contributed by atoms with Gasteiger partial charge in [-0.2, -0.15) is 0 Å². The lowest BCUT2D eigenvalue weighted by atomic mass is 9.90. The molecule has 3 heteroatoms. The van der Waals surface area contributed by atoms with Gasteiger partial charge < -0.3 is 9.64 Å². The van der Waals surface area contributed by atoms with E-state index in [1.54, 1.807) is 0 Å². The zero-order chi connectivity index (χ0) is 20.2. The molecule has 4 rings (SSSR count). The van der Waals surface area contributed by atoms with Crippen LogP contribution in [0.5, 0.6) is 0 Å². The molecule has 2 atom stereocenters. The maximum absolute atomic E-state index is 12.9. The number of hydrogen-bond acceptors (Lipinski definition) is 3. The van der Waals surface area contributed by atoms with Crippen molar-refractivity contribution in [1.29, 1.82) is 0 Å². The summed E-state index contributed by atoms with van der Waals surface area (Å²) in [4.78, 5) is 15.2. The van der Waals surface area contributed by atoms with E-state index in [0.717, 1.165) is 23.4 Å². The molecular weight excluding hydrogens is 358 g/mol. The average molecular weight is 383 g/mol. The Balaban J connectivity index is 1.89. The number of methoxy groups -OCH3 is 1. The Kier molecular flexibility index (Phi) is 5.48. The molecule has 0 fully saturated rings. The first-order valence-electron chi connectivity index (χ1n) is 9.94. The molecule has 3 nitrogen and oxygen atoms in total. The van der Waals surface area contributed by atoms with Gasteiger partial charge in [-0.25, -0.2) is 4.79 Å². The van der Waals surface area contributed by atoms with Gasteiger partial charge in [0.2, 0.25) is 0 Å². The Labute approximate surface area is 172 Å². The van der Waals surface area contributed by atoms with E-state index >= 15 is 0 Å². The first-order chi connectivity index (χ1) is 14.2. The number of rotatable bonds is 5. The first-order valence-corrected chi connectivity index (χ1v) is 9.94. The Morgan fingerprint density at radius 3 is 2.00 bits per heavy atom. The van der Waals surface area contributed by atoms with Crippen LogP contribution in [0.2, 0.25) is 0 Å². The van der Waals surface area contributed by atoms with E-state index < -0.39 is 0 Å². The van der Waals surface area contributed by atoms with Gasteiger partial charge in [0, 0.05) is 12.5 Å². The number of esters is 1. The van der Waals surface area contributed by atoms with Crippen LogP contribution in [-0.4, -0.2) is 18.0 Å². The van der Waals surface area contributed by atoms with Crippen LogP contribution in [0.1, 0.15) is 29.7 Å². The van der Waals surface area contributed by atoms with Crippen LogP contribution in [0, 0.1) is 5.92 Å². The summed E-state index contributed by atoms with van der Waals surface area (Å²) in [5.74, 6) is -0.253. The van der Waals surface area contributed by atoms with E-state index in [0.29, 0.717) is 0 Å². The molecule has 2 unspecified atom stereocenters. The summed E-state index contributed by atoms with van der Waals surface area (Å²) in [7, 11) is 1.46. The number of nitrogens with zero attached hydrogens (tertiary/aromatic N) is 1. The molecule has 0 saturated carbocycles. The molecule has 0 aromatic heterocycles. The van der Waals surface area contributed by atoms with Crippen molar-refractivity contribution in [3.05, 3.63) is 113 Å². The summed E-state index contributed by atoms with van der Waals surface area (Å²) < 4.78 is 5.22. The maximum Gasteiger partial charge on any atom is 0.336 e. The van der Waals surface area contributed by atoms with Gasteiger partial charge in [-0.1, -0.05) is 97.9 Å². The number of carbonyl (C=O) groups is 1. The van der Waals surface area contributed by atoms with Crippen LogP contribution in [-0.2, 0) is 16.1 Å². The highest BCUT2D eigenvalue weighted by molar-refractivity contribution is 5.99. The molecule has 0 saturated heterocycles. The molecule has 3 aromatic rings. The normalized spacial score (nSPS) is 18.8. The second-order valence-electron chi connectivity index (χ2n) is 7.38. The minimum Gasteiger partial charge on any atom is -0.466 e. The largest absolute Gasteiger partial charge is 0.466 e. The highest BCUT2D eigenvalue weighted by atomic mass is 16.5. The van der Waals surface area contributed by atoms with Gasteiger partial charge in [-0.05, 0) is 16.7 Å². The van der Waals surface area contributed by atoms with Crippen LogP contribution >= 0.6 is 0 Å². The third-order valence-electron chi connectivity index (χ3n) is 5.60. The summed E-state index contributed by atoms with van der Waals surface area (Å²) in [5.41, 5.74) is 5.14. The van der Waals surface area contributed by atoms with Crippen molar-refractivity contribution < 1.29 is 9.53 Å². The molecule has 3 aromatic carbocycles. The van der Waals surface area contributed by atoms with Crippen molar-refractivity contribution in [2.75, 3.05) is 7.11 Å². The fraction of sp³-hybridized carbons (Fsp3) is 0.192.